The average molecular weight is 300 g/mol. The Morgan fingerprint density at radius 1 is 1.63 bits per heavy atom. The topological polar surface area (TPSA) is 69.6 Å². The minimum Gasteiger partial charge on any atom is -0.479 e. The van der Waals surface area contributed by atoms with Crippen LogP contribution in [0, 0.1) is 0 Å². The summed E-state index contributed by atoms with van der Waals surface area (Å²) in [6, 6.07) is 0.655. The van der Waals surface area contributed by atoms with Crippen molar-refractivity contribution in [1.29, 1.82) is 0 Å². The number of carboxylic acids is 1. The van der Waals surface area contributed by atoms with Crippen molar-refractivity contribution in [3.63, 3.8) is 0 Å². The van der Waals surface area contributed by atoms with E-state index in [4.69, 9.17) is 0 Å². The van der Waals surface area contributed by atoms with Crippen molar-refractivity contribution >= 4 is 35.1 Å². The molecule has 2 rings (SSSR count). The van der Waals surface area contributed by atoms with E-state index < -0.39 is 12.0 Å². The standard InChI is InChI=1S/C12H16N2O3S2/c1-18-7-4-13-12(17)14-5-2-9-8(3-6-19-9)10(14)11(15)16/h3,6,10H,2,4-5,7H2,1H3,(H,13,17)(H,15,16). The number of aliphatic carboxylic acids is 1. The van der Waals surface area contributed by atoms with Gasteiger partial charge in [-0.2, -0.15) is 11.8 Å². The highest BCUT2D eigenvalue weighted by Gasteiger charge is 2.36. The SMILES string of the molecule is CSCCNC(=O)N1CCc2sccc2C1C(=O)O. The number of carbonyl (C=O) groups is 2. The van der Waals surface area contributed by atoms with Crippen LogP contribution in [-0.2, 0) is 11.2 Å². The summed E-state index contributed by atoms with van der Waals surface area (Å²) >= 11 is 3.20. The summed E-state index contributed by atoms with van der Waals surface area (Å²) in [6.07, 6.45) is 2.69. The zero-order valence-electron chi connectivity index (χ0n) is 10.6. The van der Waals surface area contributed by atoms with E-state index in [-0.39, 0.29) is 6.03 Å². The molecule has 1 aliphatic rings. The van der Waals surface area contributed by atoms with Crippen LogP contribution < -0.4 is 5.32 Å². The van der Waals surface area contributed by atoms with Gasteiger partial charge in [0.05, 0.1) is 0 Å². The predicted octanol–water partition coefficient (Wildman–Crippen LogP) is 1.80. The molecule has 19 heavy (non-hydrogen) atoms. The van der Waals surface area contributed by atoms with Gasteiger partial charge in [0.2, 0.25) is 0 Å². The van der Waals surface area contributed by atoms with Crippen molar-refractivity contribution in [2.75, 3.05) is 25.1 Å². The number of fused-ring (bicyclic) bond motifs is 1. The van der Waals surface area contributed by atoms with Gasteiger partial charge in [-0.3, -0.25) is 0 Å². The molecule has 1 atom stereocenters. The van der Waals surface area contributed by atoms with Crippen molar-refractivity contribution in [3.8, 4) is 0 Å². The molecule has 0 spiro atoms. The Hall–Kier alpha value is -1.21. The van der Waals surface area contributed by atoms with Crippen LogP contribution in [0.3, 0.4) is 0 Å². The molecule has 0 bridgehead atoms. The number of nitrogens with zero attached hydrogens (tertiary/aromatic N) is 1. The summed E-state index contributed by atoms with van der Waals surface area (Å²) in [5.41, 5.74) is 0.753. The summed E-state index contributed by atoms with van der Waals surface area (Å²) in [5.74, 6) is -0.152. The maximum atomic E-state index is 12.1. The van der Waals surface area contributed by atoms with Crippen molar-refractivity contribution < 1.29 is 14.7 Å². The van der Waals surface area contributed by atoms with Gasteiger partial charge in [-0.25, -0.2) is 9.59 Å². The van der Waals surface area contributed by atoms with Crippen LogP contribution in [0.25, 0.3) is 0 Å². The number of thioether (sulfide) groups is 1. The summed E-state index contributed by atoms with van der Waals surface area (Å²) < 4.78 is 0. The first-order valence-electron chi connectivity index (χ1n) is 5.97. The average Bonchev–Trinajstić information content (AvgIpc) is 2.85. The molecule has 0 saturated carbocycles. The number of carboxylic acid groups (broad SMARTS) is 1. The molecule has 1 aliphatic heterocycles. The van der Waals surface area contributed by atoms with Gasteiger partial charge in [0.25, 0.3) is 0 Å². The van der Waals surface area contributed by atoms with Gasteiger partial charge >= 0.3 is 12.0 Å². The quantitative estimate of drug-likeness (QED) is 0.832. The van der Waals surface area contributed by atoms with E-state index in [0.717, 1.165) is 22.6 Å². The Morgan fingerprint density at radius 3 is 3.11 bits per heavy atom. The van der Waals surface area contributed by atoms with Gasteiger partial charge in [0, 0.05) is 23.7 Å². The van der Waals surface area contributed by atoms with Crippen molar-refractivity contribution in [1.82, 2.24) is 10.2 Å². The first-order chi connectivity index (χ1) is 9.15. The highest BCUT2D eigenvalue weighted by atomic mass is 32.2. The summed E-state index contributed by atoms with van der Waals surface area (Å²) in [4.78, 5) is 26.0. The van der Waals surface area contributed by atoms with Gasteiger partial charge in [0.1, 0.15) is 0 Å². The molecule has 0 radical (unpaired) electrons. The second-order valence-corrected chi connectivity index (χ2v) is 6.19. The Bertz CT molecular complexity index is 475. The van der Waals surface area contributed by atoms with E-state index >= 15 is 0 Å². The number of hydrogen-bond donors (Lipinski definition) is 2. The monoisotopic (exact) mass is 300 g/mol. The lowest BCUT2D eigenvalue weighted by molar-refractivity contribution is -0.142. The lowest BCUT2D eigenvalue weighted by Crippen LogP contribution is -2.48. The van der Waals surface area contributed by atoms with Crippen LogP contribution in [0.1, 0.15) is 16.5 Å². The maximum Gasteiger partial charge on any atom is 0.331 e. The molecule has 5 nitrogen and oxygen atoms in total. The second kappa shape index (κ2) is 6.29. The number of urea groups is 1. The molecule has 0 saturated heterocycles. The van der Waals surface area contributed by atoms with Crippen LogP contribution in [-0.4, -0.2) is 47.1 Å². The van der Waals surface area contributed by atoms with Crippen molar-refractivity contribution in [2.24, 2.45) is 0 Å². The van der Waals surface area contributed by atoms with Crippen molar-refractivity contribution in [2.45, 2.75) is 12.5 Å². The number of amides is 2. The first-order valence-corrected chi connectivity index (χ1v) is 8.25. The molecule has 0 aromatic carbocycles. The summed E-state index contributed by atoms with van der Waals surface area (Å²) in [5, 5.41) is 14.0. The third kappa shape index (κ3) is 3.03. The smallest absolute Gasteiger partial charge is 0.331 e. The minimum absolute atomic E-state index is 0.293. The Labute approximate surface area is 120 Å². The molecule has 104 valence electrons. The third-order valence-corrected chi connectivity index (χ3v) is 4.65. The fourth-order valence-electron chi connectivity index (χ4n) is 2.16. The largest absolute Gasteiger partial charge is 0.479 e. The molecule has 1 unspecified atom stereocenters. The van der Waals surface area contributed by atoms with Gasteiger partial charge in [-0.05, 0) is 29.7 Å². The Balaban J connectivity index is 2.12. The molecule has 7 heteroatoms. The molecule has 2 N–H and O–H groups in total. The van der Waals surface area contributed by atoms with E-state index in [9.17, 15) is 14.7 Å². The Kier molecular flexibility index (Phi) is 4.71. The lowest BCUT2D eigenvalue weighted by Gasteiger charge is -2.33. The Morgan fingerprint density at radius 2 is 2.42 bits per heavy atom. The second-order valence-electron chi connectivity index (χ2n) is 4.21. The van der Waals surface area contributed by atoms with Crippen LogP contribution in [0.15, 0.2) is 11.4 Å². The molecule has 0 fully saturated rings. The zero-order chi connectivity index (χ0) is 13.8. The molecule has 1 aromatic heterocycles. The zero-order valence-corrected chi connectivity index (χ0v) is 12.2. The maximum absolute atomic E-state index is 12.1. The first kappa shape index (κ1) is 14.2. The highest BCUT2D eigenvalue weighted by molar-refractivity contribution is 7.98. The predicted molar refractivity (Wildman–Crippen MR) is 76.9 cm³/mol. The van der Waals surface area contributed by atoms with E-state index in [1.807, 2.05) is 11.6 Å². The fraction of sp³-hybridized carbons (Fsp3) is 0.500. The van der Waals surface area contributed by atoms with Crippen LogP contribution in [0.5, 0.6) is 0 Å². The number of hydrogen-bond acceptors (Lipinski definition) is 4. The third-order valence-electron chi connectivity index (χ3n) is 3.04. The van der Waals surface area contributed by atoms with Gasteiger partial charge in [-0.15, -0.1) is 11.3 Å². The fourth-order valence-corrected chi connectivity index (χ4v) is 3.37. The van der Waals surface area contributed by atoms with Gasteiger partial charge in [-0.1, -0.05) is 0 Å². The molecule has 2 amide bonds. The summed E-state index contributed by atoms with van der Waals surface area (Å²) in [7, 11) is 0. The molecule has 1 aromatic rings. The normalized spacial score (nSPS) is 17.9. The van der Waals surface area contributed by atoms with Crippen molar-refractivity contribution in [3.05, 3.63) is 21.9 Å². The van der Waals surface area contributed by atoms with Crippen LogP contribution in [0.2, 0.25) is 0 Å². The number of nitrogens with one attached hydrogen (secondary N) is 1. The lowest BCUT2D eigenvalue weighted by atomic mass is 10.0. The van der Waals surface area contributed by atoms with E-state index in [0.29, 0.717) is 13.1 Å². The highest BCUT2D eigenvalue weighted by Crippen LogP contribution is 2.33. The number of carbonyl (C=O) groups excluding carboxylic acids is 1. The van der Waals surface area contributed by atoms with Gasteiger partial charge < -0.3 is 15.3 Å². The van der Waals surface area contributed by atoms with Gasteiger partial charge in [0.15, 0.2) is 6.04 Å². The molecule has 2 heterocycles. The number of thiophene rings is 1. The van der Waals surface area contributed by atoms with Crippen LogP contribution in [0.4, 0.5) is 4.79 Å². The van der Waals surface area contributed by atoms with E-state index in [2.05, 4.69) is 5.32 Å². The minimum atomic E-state index is -0.973. The van der Waals surface area contributed by atoms with Crippen LogP contribution >= 0.6 is 23.1 Å². The molecular formula is C12H16N2O3S2. The summed E-state index contributed by atoms with van der Waals surface area (Å²) in [6.45, 7) is 1.01. The molecular weight excluding hydrogens is 284 g/mol. The van der Waals surface area contributed by atoms with E-state index in [1.165, 1.54) is 4.90 Å². The van der Waals surface area contributed by atoms with E-state index in [1.54, 1.807) is 29.2 Å². The molecule has 0 aliphatic carbocycles. The number of rotatable bonds is 4.